The molecule has 5 atom stereocenters. The van der Waals surface area contributed by atoms with Crippen LogP contribution in [0.25, 0.3) is 0 Å². The molecule has 3 aliphatic rings. The molecule has 0 aromatic rings. The van der Waals surface area contributed by atoms with Crippen LogP contribution >= 0.6 is 11.3 Å². The lowest BCUT2D eigenvalue weighted by Gasteiger charge is -2.35. The second-order valence-corrected chi connectivity index (χ2v) is 6.02. The highest BCUT2D eigenvalue weighted by atomic mass is 32.3. The SMILES string of the molecule is CCN(CC)S(F)(F)O[C@H]1[C@@H]2OC[C@@H](O2)[C@@H]2O[C@@H]21. The highest BCUT2D eigenvalue weighted by Crippen LogP contribution is 2.59. The highest BCUT2D eigenvalue weighted by molar-refractivity contribution is 8.19. The molecule has 3 rings (SSSR count). The van der Waals surface area contributed by atoms with Crippen molar-refractivity contribution < 1.29 is 26.2 Å². The Balaban J connectivity index is 1.68. The highest BCUT2D eigenvalue weighted by Gasteiger charge is 2.63. The summed E-state index contributed by atoms with van der Waals surface area (Å²) >= 11 is -4.26. The standard InChI is InChI=1S/C10H17F2NO4S/c1-3-13(4-2)18(11,12)17-9-8-7(16-8)6-5-14-10(9)15-6/h6-10H,3-5H2,1-2H3/t6-,7+,8+,9-,10-/m1/s1. The van der Waals surface area contributed by atoms with Crippen LogP contribution in [0.5, 0.6) is 0 Å². The fourth-order valence-electron chi connectivity index (χ4n) is 2.46. The van der Waals surface area contributed by atoms with Gasteiger partial charge in [0.05, 0.1) is 6.61 Å². The van der Waals surface area contributed by atoms with Crippen LogP contribution in [0.15, 0.2) is 0 Å². The van der Waals surface area contributed by atoms with E-state index in [1.54, 1.807) is 13.8 Å². The van der Waals surface area contributed by atoms with E-state index in [0.29, 0.717) is 6.61 Å². The van der Waals surface area contributed by atoms with Crippen molar-refractivity contribution in [3.05, 3.63) is 0 Å². The number of fused-ring (bicyclic) bond motifs is 4. The van der Waals surface area contributed by atoms with E-state index < -0.39 is 23.7 Å². The van der Waals surface area contributed by atoms with Gasteiger partial charge >= 0.3 is 0 Å². The number of nitrogens with zero attached hydrogens (tertiary/aromatic N) is 1. The van der Waals surface area contributed by atoms with Crippen molar-refractivity contribution in [3.8, 4) is 0 Å². The van der Waals surface area contributed by atoms with E-state index in [2.05, 4.69) is 0 Å². The van der Waals surface area contributed by atoms with Crippen LogP contribution in [0.3, 0.4) is 0 Å². The molecule has 3 heterocycles. The topological polar surface area (TPSA) is 43.5 Å². The molecule has 0 amide bonds. The van der Waals surface area contributed by atoms with Gasteiger partial charge in [0, 0.05) is 13.1 Å². The van der Waals surface area contributed by atoms with Crippen molar-refractivity contribution in [2.24, 2.45) is 0 Å². The van der Waals surface area contributed by atoms with Crippen molar-refractivity contribution >= 4 is 11.3 Å². The van der Waals surface area contributed by atoms with Crippen molar-refractivity contribution in [1.82, 2.24) is 4.31 Å². The molecule has 0 aromatic heterocycles. The molecule has 8 heteroatoms. The van der Waals surface area contributed by atoms with E-state index >= 15 is 0 Å². The second-order valence-electron chi connectivity index (χ2n) is 4.51. The molecule has 0 aliphatic carbocycles. The van der Waals surface area contributed by atoms with Crippen molar-refractivity contribution in [2.45, 2.75) is 44.6 Å². The maximum atomic E-state index is 14.0. The zero-order valence-electron chi connectivity index (χ0n) is 10.3. The van der Waals surface area contributed by atoms with E-state index in [-0.39, 0.29) is 31.4 Å². The van der Waals surface area contributed by atoms with Gasteiger partial charge in [-0.25, -0.2) is 0 Å². The van der Waals surface area contributed by atoms with Gasteiger partial charge in [0.15, 0.2) is 12.4 Å². The van der Waals surface area contributed by atoms with Gasteiger partial charge in [-0.1, -0.05) is 13.8 Å². The lowest BCUT2D eigenvalue weighted by atomic mass is 10.1. The van der Waals surface area contributed by atoms with Crippen LogP contribution in [0.4, 0.5) is 7.77 Å². The molecule has 0 radical (unpaired) electrons. The zero-order valence-corrected chi connectivity index (χ0v) is 11.1. The van der Waals surface area contributed by atoms with E-state index in [4.69, 9.17) is 18.4 Å². The van der Waals surface area contributed by atoms with Gasteiger partial charge in [0.25, 0.3) is 0 Å². The van der Waals surface area contributed by atoms with E-state index in [1.165, 1.54) is 0 Å². The molecular weight excluding hydrogens is 268 g/mol. The zero-order chi connectivity index (χ0) is 12.9. The summed E-state index contributed by atoms with van der Waals surface area (Å²) in [5.74, 6) is 0. The smallest absolute Gasteiger partial charge is 0.241 e. The number of ether oxygens (including phenoxy) is 3. The number of hydrogen-bond acceptors (Lipinski definition) is 5. The molecule has 106 valence electrons. The predicted octanol–water partition coefficient (Wildman–Crippen LogP) is 1.64. The molecular formula is C10H17F2NO4S. The first-order valence-corrected chi connectivity index (χ1v) is 7.46. The maximum absolute atomic E-state index is 14.0. The average Bonchev–Trinajstić information content (AvgIpc) is 3.00. The summed E-state index contributed by atoms with van der Waals surface area (Å²) < 4.78 is 50.2. The van der Waals surface area contributed by atoms with Gasteiger partial charge in [-0.3, -0.25) is 4.18 Å². The van der Waals surface area contributed by atoms with Gasteiger partial charge in [-0.05, 0) is 0 Å². The minimum absolute atomic E-state index is 0.114. The number of rotatable bonds is 5. The summed E-state index contributed by atoms with van der Waals surface area (Å²) in [6.07, 6.45) is -2.09. The first kappa shape index (κ1) is 13.0. The molecule has 0 unspecified atom stereocenters. The van der Waals surface area contributed by atoms with Gasteiger partial charge in [-0.2, -0.15) is 4.31 Å². The molecule has 0 N–H and O–H groups in total. The lowest BCUT2D eigenvalue weighted by molar-refractivity contribution is -0.135. The van der Waals surface area contributed by atoms with Crippen molar-refractivity contribution in [1.29, 1.82) is 0 Å². The fraction of sp³-hybridized carbons (Fsp3) is 1.00. The summed E-state index contributed by atoms with van der Waals surface area (Å²) in [6, 6.07) is 0. The Kier molecular flexibility index (Phi) is 3.28. The van der Waals surface area contributed by atoms with Gasteiger partial charge < -0.3 is 14.2 Å². The van der Waals surface area contributed by atoms with E-state index in [9.17, 15) is 7.77 Å². The van der Waals surface area contributed by atoms with Crippen LogP contribution in [-0.4, -0.2) is 54.7 Å². The quantitative estimate of drug-likeness (QED) is 0.718. The van der Waals surface area contributed by atoms with Gasteiger partial charge in [-0.15, -0.1) is 7.77 Å². The Morgan fingerprint density at radius 1 is 1.22 bits per heavy atom. The average molecular weight is 285 g/mol. The summed E-state index contributed by atoms with van der Waals surface area (Å²) in [7, 11) is 0. The molecule has 0 aromatic carbocycles. The second kappa shape index (κ2) is 4.53. The third-order valence-corrected chi connectivity index (χ3v) is 5.06. The fourth-order valence-corrected chi connectivity index (χ4v) is 3.65. The lowest BCUT2D eigenvalue weighted by Crippen LogP contribution is -2.42. The van der Waals surface area contributed by atoms with Crippen LogP contribution in [-0.2, 0) is 18.4 Å². The van der Waals surface area contributed by atoms with Crippen molar-refractivity contribution in [2.75, 3.05) is 19.7 Å². The normalized spacial score (nSPS) is 43.1. The van der Waals surface area contributed by atoms with Crippen LogP contribution in [0.2, 0.25) is 0 Å². The molecule has 3 saturated heterocycles. The summed E-state index contributed by atoms with van der Waals surface area (Å²) in [5, 5.41) is 0. The van der Waals surface area contributed by atoms with E-state index in [1.807, 2.05) is 0 Å². The summed E-state index contributed by atoms with van der Waals surface area (Å²) in [6.45, 7) is 4.26. The summed E-state index contributed by atoms with van der Waals surface area (Å²) in [5.41, 5.74) is 0. The molecule has 3 aliphatic heterocycles. The number of halogens is 2. The third-order valence-electron chi connectivity index (χ3n) is 3.49. The Morgan fingerprint density at radius 3 is 2.61 bits per heavy atom. The Morgan fingerprint density at radius 2 is 1.94 bits per heavy atom. The molecule has 3 fully saturated rings. The van der Waals surface area contributed by atoms with Gasteiger partial charge in [0.1, 0.15) is 18.3 Å². The summed E-state index contributed by atoms with van der Waals surface area (Å²) in [4.78, 5) is 0. The van der Waals surface area contributed by atoms with Crippen LogP contribution < -0.4 is 0 Å². The maximum Gasteiger partial charge on any atom is 0.241 e. The molecule has 18 heavy (non-hydrogen) atoms. The van der Waals surface area contributed by atoms with Gasteiger partial charge in [0.2, 0.25) is 11.3 Å². The number of epoxide rings is 1. The molecule has 2 bridgehead atoms. The third kappa shape index (κ3) is 2.04. The van der Waals surface area contributed by atoms with E-state index in [0.717, 1.165) is 4.31 Å². The Hall–Kier alpha value is 0.01000. The van der Waals surface area contributed by atoms with Crippen LogP contribution in [0, 0.1) is 0 Å². The first-order chi connectivity index (χ1) is 8.56. The first-order valence-electron chi connectivity index (χ1n) is 6.15. The largest absolute Gasteiger partial charge is 0.364 e. The number of hydrogen-bond donors (Lipinski definition) is 0. The predicted molar refractivity (Wildman–Crippen MR) is 60.9 cm³/mol. The molecule has 0 saturated carbocycles. The van der Waals surface area contributed by atoms with Crippen molar-refractivity contribution in [3.63, 3.8) is 0 Å². The Labute approximate surface area is 107 Å². The Bertz CT molecular complexity index is 331. The minimum atomic E-state index is -4.26. The molecule has 5 nitrogen and oxygen atoms in total. The van der Waals surface area contributed by atoms with Crippen LogP contribution in [0.1, 0.15) is 13.8 Å². The minimum Gasteiger partial charge on any atom is -0.364 e. The monoisotopic (exact) mass is 285 g/mol. The molecule has 0 spiro atoms.